The molecule has 0 aromatic carbocycles. The summed E-state index contributed by atoms with van der Waals surface area (Å²) in [7, 11) is 0. The van der Waals surface area contributed by atoms with Gasteiger partial charge in [-0.1, -0.05) is 13.8 Å². The Balaban J connectivity index is 3.47. The molecule has 0 fully saturated rings. The maximum atomic E-state index is 10.3. The molecule has 3 nitrogen and oxygen atoms in total. The van der Waals surface area contributed by atoms with Crippen LogP contribution in [0.3, 0.4) is 0 Å². The van der Waals surface area contributed by atoms with Crippen LogP contribution in [0.1, 0.15) is 26.7 Å². The molecule has 0 heterocycles. The predicted octanol–water partition coefficient (Wildman–Crippen LogP) is 0.876. The van der Waals surface area contributed by atoms with Crippen LogP contribution in [0, 0.1) is 0 Å². The molecule has 0 aliphatic carbocycles. The lowest BCUT2D eigenvalue weighted by atomic mass is 11.4. The standard InChI is InChI=1S/C6H10O3/c1-3-5(7)9-6(8)4-2/h3-4H2,1-2H3/i1+1,2+1,3+1,4+1,5+1,6+1. The van der Waals surface area contributed by atoms with Crippen LogP contribution in [0.4, 0.5) is 0 Å². The van der Waals surface area contributed by atoms with Gasteiger partial charge in [0.15, 0.2) is 0 Å². The minimum Gasteiger partial charge on any atom is -0.393 e. The molecule has 0 atom stereocenters. The van der Waals surface area contributed by atoms with Crippen molar-refractivity contribution in [2.24, 2.45) is 0 Å². The normalized spacial score (nSPS) is 8.67. The number of rotatable bonds is 2. The zero-order valence-electron chi connectivity index (χ0n) is 5.64. The summed E-state index contributed by atoms with van der Waals surface area (Å²) in [5.74, 6) is -0.913. The quantitative estimate of drug-likeness (QED) is 0.321. The molecule has 0 unspecified atom stereocenters. The molecule has 52 valence electrons. The molecule has 0 bridgehead atoms. The first-order valence-corrected chi connectivity index (χ1v) is 2.94. The van der Waals surface area contributed by atoms with Gasteiger partial charge in [-0.15, -0.1) is 0 Å². The van der Waals surface area contributed by atoms with Crippen molar-refractivity contribution < 1.29 is 14.3 Å². The van der Waals surface area contributed by atoms with Gasteiger partial charge in [-0.3, -0.25) is 9.59 Å². The number of carbonyl (C=O) groups is 2. The minimum atomic E-state index is -0.457. The summed E-state index contributed by atoms with van der Waals surface area (Å²) >= 11 is 0. The maximum Gasteiger partial charge on any atom is 0.313 e. The highest BCUT2D eigenvalue weighted by Gasteiger charge is 2.03. The van der Waals surface area contributed by atoms with Crippen molar-refractivity contribution in [2.45, 2.75) is 26.7 Å². The smallest absolute Gasteiger partial charge is 0.313 e. The van der Waals surface area contributed by atoms with Gasteiger partial charge in [-0.05, 0) is 0 Å². The minimum absolute atomic E-state index is 0.256. The van der Waals surface area contributed by atoms with Crippen LogP contribution in [0.2, 0.25) is 0 Å². The first kappa shape index (κ1) is 8.14. The van der Waals surface area contributed by atoms with Gasteiger partial charge in [-0.25, -0.2) is 0 Å². The van der Waals surface area contributed by atoms with Crippen LogP contribution >= 0.6 is 0 Å². The molecule has 0 radical (unpaired) electrons. The third-order valence-corrected chi connectivity index (χ3v) is 0.805. The lowest BCUT2D eigenvalue weighted by molar-refractivity contribution is -0.159. The predicted molar refractivity (Wildman–Crippen MR) is 31.7 cm³/mol. The van der Waals surface area contributed by atoms with Crippen molar-refractivity contribution in [2.75, 3.05) is 0 Å². The fraction of sp³-hybridized carbons (Fsp3) is 0.667. The van der Waals surface area contributed by atoms with E-state index in [2.05, 4.69) is 4.74 Å². The summed E-state index contributed by atoms with van der Waals surface area (Å²) in [5.41, 5.74) is 0. The van der Waals surface area contributed by atoms with Gasteiger partial charge < -0.3 is 4.74 Å². The van der Waals surface area contributed by atoms with E-state index in [9.17, 15) is 9.59 Å². The first-order chi connectivity index (χ1) is 4.20. The third-order valence-electron chi connectivity index (χ3n) is 0.805. The molecule has 0 aromatic rings. The number of hydrogen-bond donors (Lipinski definition) is 0. The van der Waals surface area contributed by atoms with E-state index in [1.54, 1.807) is 13.8 Å². The number of ether oxygens (including phenoxy) is 1. The summed E-state index contributed by atoms with van der Waals surface area (Å²) in [6, 6.07) is 0. The van der Waals surface area contributed by atoms with E-state index < -0.39 is 11.9 Å². The van der Waals surface area contributed by atoms with E-state index in [-0.39, 0.29) is 12.8 Å². The van der Waals surface area contributed by atoms with Crippen molar-refractivity contribution in [3.05, 3.63) is 0 Å². The Hall–Kier alpha value is -0.860. The summed E-state index contributed by atoms with van der Waals surface area (Å²) in [4.78, 5) is 20.7. The van der Waals surface area contributed by atoms with E-state index >= 15 is 0 Å². The first-order valence-electron chi connectivity index (χ1n) is 2.94. The van der Waals surface area contributed by atoms with E-state index in [4.69, 9.17) is 0 Å². The molecule has 3 heteroatoms. The van der Waals surface area contributed by atoms with Gasteiger partial charge in [0, 0.05) is 12.8 Å². The molecule has 0 spiro atoms. The average molecular weight is 136 g/mol. The zero-order chi connectivity index (χ0) is 7.28. The largest absolute Gasteiger partial charge is 0.393 e. The summed E-state index contributed by atoms with van der Waals surface area (Å²) < 4.78 is 4.27. The van der Waals surface area contributed by atoms with Crippen molar-refractivity contribution in [1.82, 2.24) is 0 Å². The third kappa shape index (κ3) is 3.70. The second kappa shape index (κ2) is 4.06. The SMILES string of the molecule is [13CH3][13CH2][13C](=O)O[13C](=O)[13CH2][13CH3]. The molecular formula is C6H10O3. The molecular weight excluding hydrogens is 126 g/mol. The average Bonchev–Trinajstić information content (AvgIpc) is 1.87. The van der Waals surface area contributed by atoms with Gasteiger partial charge >= 0.3 is 11.9 Å². The molecule has 0 aromatic heterocycles. The number of esters is 2. The molecule has 0 aliphatic heterocycles. The Morgan fingerprint density at radius 3 is 1.67 bits per heavy atom. The van der Waals surface area contributed by atoms with Crippen molar-refractivity contribution in [3.63, 3.8) is 0 Å². The summed E-state index contributed by atoms with van der Waals surface area (Å²) in [5, 5.41) is 0. The second-order valence-electron chi connectivity index (χ2n) is 1.55. The van der Waals surface area contributed by atoms with E-state index in [1.807, 2.05) is 0 Å². The highest BCUT2D eigenvalue weighted by Crippen LogP contribution is 1.88. The van der Waals surface area contributed by atoms with Crippen molar-refractivity contribution >= 4 is 11.9 Å². The van der Waals surface area contributed by atoms with Crippen LogP contribution in [0.15, 0.2) is 0 Å². The van der Waals surface area contributed by atoms with Crippen LogP contribution in [-0.2, 0) is 14.3 Å². The summed E-state index contributed by atoms with van der Waals surface area (Å²) in [6.45, 7) is 3.29. The molecule has 0 amide bonds. The van der Waals surface area contributed by atoms with E-state index in [1.165, 1.54) is 0 Å². The second-order valence-corrected chi connectivity index (χ2v) is 1.55. The zero-order valence-corrected chi connectivity index (χ0v) is 5.64. The van der Waals surface area contributed by atoms with Gasteiger partial charge in [0.1, 0.15) is 0 Å². The number of carbonyl (C=O) groups excluding carboxylic acids is 2. The topological polar surface area (TPSA) is 43.4 Å². The van der Waals surface area contributed by atoms with Crippen LogP contribution in [0.25, 0.3) is 0 Å². The fourth-order valence-electron chi connectivity index (χ4n) is 0.271. The molecule has 9 heavy (non-hydrogen) atoms. The number of hydrogen-bond acceptors (Lipinski definition) is 3. The van der Waals surface area contributed by atoms with Gasteiger partial charge in [-0.2, -0.15) is 0 Å². The van der Waals surface area contributed by atoms with Crippen LogP contribution < -0.4 is 0 Å². The van der Waals surface area contributed by atoms with Gasteiger partial charge in [0.2, 0.25) is 0 Å². The lowest BCUT2D eigenvalue weighted by Gasteiger charge is -1.95. The fourth-order valence-corrected chi connectivity index (χ4v) is 0.271. The van der Waals surface area contributed by atoms with Crippen LogP contribution in [-0.4, -0.2) is 11.9 Å². The maximum absolute atomic E-state index is 10.3. The highest BCUT2D eigenvalue weighted by atomic mass is 16.7. The van der Waals surface area contributed by atoms with E-state index in [0.29, 0.717) is 0 Å². The molecule has 0 rings (SSSR count). The Labute approximate surface area is 54.0 Å². The van der Waals surface area contributed by atoms with Gasteiger partial charge in [0.05, 0.1) is 0 Å². The monoisotopic (exact) mass is 136 g/mol. The Morgan fingerprint density at radius 1 is 1.11 bits per heavy atom. The van der Waals surface area contributed by atoms with Crippen molar-refractivity contribution in [3.8, 4) is 0 Å². The van der Waals surface area contributed by atoms with Crippen molar-refractivity contribution in [1.29, 1.82) is 0 Å². The highest BCUT2D eigenvalue weighted by molar-refractivity contribution is 5.84. The molecule has 0 saturated carbocycles. The Bertz CT molecular complexity index is 103. The molecule has 0 aliphatic rings. The summed E-state index contributed by atoms with van der Waals surface area (Å²) in [6.07, 6.45) is 0.511. The Morgan fingerprint density at radius 2 is 1.44 bits per heavy atom. The van der Waals surface area contributed by atoms with Gasteiger partial charge in [0.25, 0.3) is 0 Å². The lowest BCUT2D eigenvalue weighted by Crippen LogP contribution is -2.09. The van der Waals surface area contributed by atoms with E-state index in [0.717, 1.165) is 0 Å². The Kier molecular flexibility index (Phi) is 3.67. The molecule has 0 N–H and O–H groups in total. The van der Waals surface area contributed by atoms with Crippen LogP contribution in [0.5, 0.6) is 0 Å². The molecule has 0 saturated heterocycles.